The van der Waals surface area contributed by atoms with Gasteiger partial charge in [-0.15, -0.1) is 0 Å². The normalized spacial score (nSPS) is 10.5. The average molecular weight is 345 g/mol. The summed E-state index contributed by atoms with van der Waals surface area (Å²) >= 11 is 2.56. The highest BCUT2D eigenvalue weighted by molar-refractivity contribution is 7.98. The molecule has 1 N–H and O–H groups in total. The Morgan fingerprint density at radius 3 is 2.65 bits per heavy atom. The Balaban J connectivity index is 1.61. The molecule has 0 aliphatic heterocycles. The molecule has 1 aromatic heterocycles. The largest absolute Gasteiger partial charge is 0.296 e. The molecule has 4 nitrogen and oxygen atoms in total. The maximum atomic E-state index is 13.6. The number of carbonyl (C=O) groups excluding carboxylic acids is 1. The minimum absolute atomic E-state index is 0.0128. The summed E-state index contributed by atoms with van der Waals surface area (Å²) in [4.78, 5) is 16.2. The van der Waals surface area contributed by atoms with Gasteiger partial charge in [-0.3, -0.25) is 10.1 Å². The molecule has 0 radical (unpaired) electrons. The Hall–Kier alpha value is -2.25. The summed E-state index contributed by atoms with van der Waals surface area (Å²) in [5.41, 5.74) is 1.16. The van der Waals surface area contributed by atoms with Crippen LogP contribution in [0.3, 0.4) is 0 Å². The summed E-state index contributed by atoms with van der Waals surface area (Å²) in [6, 6.07) is 15.8. The Morgan fingerprint density at radius 1 is 1.13 bits per heavy atom. The predicted molar refractivity (Wildman–Crippen MR) is 90.3 cm³/mol. The van der Waals surface area contributed by atoms with Gasteiger partial charge in [0, 0.05) is 17.3 Å². The van der Waals surface area contributed by atoms with E-state index < -0.39 is 11.7 Å². The summed E-state index contributed by atoms with van der Waals surface area (Å²) in [5.74, 6) is -0.342. The van der Waals surface area contributed by atoms with Crippen molar-refractivity contribution in [1.82, 2.24) is 9.36 Å². The van der Waals surface area contributed by atoms with Crippen molar-refractivity contribution in [2.75, 3.05) is 5.32 Å². The first kappa shape index (κ1) is 15.6. The lowest BCUT2D eigenvalue weighted by atomic mass is 10.2. The fraction of sp³-hybridized carbons (Fsp3) is 0.0625. The number of hydrogen-bond donors (Lipinski definition) is 1. The third-order valence-electron chi connectivity index (χ3n) is 2.96. The van der Waals surface area contributed by atoms with Crippen LogP contribution in [0.15, 0.2) is 59.8 Å². The minimum atomic E-state index is -0.562. The lowest BCUT2D eigenvalue weighted by molar-refractivity contribution is 0.102. The minimum Gasteiger partial charge on any atom is -0.296 e. The molecule has 0 aliphatic rings. The van der Waals surface area contributed by atoms with Crippen molar-refractivity contribution in [1.29, 1.82) is 0 Å². The molecule has 0 saturated carbocycles. The molecule has 23 heavy (non-hydrogen) atoms. The molecule has 0 fully saturated rings. The standard InChI is InChI=1S/C16H12FN3OS2/c17-13-9-5-4-8-12(13)14(21)18-15-19-16(20-23-15)22-10-11-6-2-1-3-7-11/h1-9H,10H2,(H,18,19,20,21). The number of hydrogen-bond acceptors (Lipinski definition) is 5. The Labute approximate surface area is 140 Å². The second-order valence-electron chi connectivity index (χ2n) is 4.59. The molecular weight excluding hydrogens is 333 g/mol. The van der Waals surface area contributed by atoms with Crippen molar-refractivity contribution in [2.24, 2.45) is 0 Å². The van der Waals surface area contributed by atoms with E-state index in [2.05, 4.69) is 14.7 Å². The van der Waals surface area contributed by atoms with Gasteiger partial charge in [-0.1, -0.05) is 54.2 Å². The van der Waals surface area contributed by atoms with E-state index in [-0.39, 0.29) is 5.56 Å². The summed E-state index contributed by atoms with van der Waals surface area (Å²) in [6.45, 7) is 0. The lowest BCUT2D eigenvalue weighted by Crippen LogP contribution is -2.13. The van der Waals surface area contributed by atoms with Crippen molar-refractivity contribution >= 4 is 34.3 Å². The quantitative estimate of drug-likeness (QED) is 0.704. The van der Waals surface area contributed by atoms with Gasteiger partial charge in [0.1, 0.15) is 5.82 Å². The highest BCUT2D eigenvalue weighted by Gasteiger charge is 2.13. The zero-order valence-corrected chi connectivity index (χ0v) is 13.5. The van der Waals surface area contributed by atoms with Gasteiger partial charge in [-0.2, -0.15) is 9.36 Å². The van der Waals surface area contributed by atoms with Crippen LogP contribution in [-0.4, -0.2) is 15.3 Å². The van der Waals surface area contributed by atoms with E-state index in [1.54, 1.807) is 6.07 Å². The van der Waals surface area contributed by atoms with Crippen LogP contribution in [0.25, 0.3) is 0 Å². The number of rotatable bonds is 5. The molecule has 116 valence electrons. The number of aromatic nitrogens is 2. The summed E-state index contributed by atoms with van der Waals surface area (Å²) < 4.78 is 17.7. The Morgan fingerprint density at radius 2 is 1.87 bits per heavy atom. The van der Waals surface area contributed by atoms with Gasteiger partial charge >= 0.3 is 0 Å². The van der Waals surface area contributed by atoms with Crippen LogP contribution in [0.1, 0.15) is 15.9 Å². The zero-order chi connectivity index (χ0) is 16.1. The molecule has 0 aliphatic carbocycles. The molecule has 1 amide bonds. The van der Waals surface area contributed by atoms with E-state index in [4.69, 9.17) is 0 Å². The van der Waals surface area contributed by atoms with Crippen LogP contribution in [0.4, 0.5) is 9.52 Å². The van der Waals surface area contributed by atoms with Crippen LogP contribution in [0.2, 0.25) is 0 Å². The van der Waals surface area contributed by atoms with E-state index in [1.807, 2.05) is 30.3 Å². The number of thioether (sulfide) groups is 1. The van der Waals surface area contributed by atoms with Gasteiger partial charge in [0.15, 0.2) is 0 Å². The molecule has 3 aromatic rings. The molecule has 0 bridgehead atoms. The van der Waals surface area contributed by atoms with Gasteiger partial charge in [0.25, 0.3) is 5.91 Å². The van der Waals surface area contributed by atoms with Crippen molar-refractivity contribution in [2.45, 2.75) is 10.9 Å². The number of benzene rings is 2. The molecule has 2 aromatic carbocycles. The van der Waals surface area contributed by atoms with Crippen molar-refractivity contribution in [3.05, 3.63) is 71.5 Å². The van der Waals surface area contributed by atoms with Gasteiger partial charge in [0.05, 0.1) is 5.56 Å². The number of amides is 1. The lowest BCUT2D eigenvalue weighted by Gasteiger charge is -2.01. The molecule has 3 rings (SSSR count). The molecular formula is C16H12FN3OS2. The van der Waals surface area contributed by atoms with Crippen LogP contribution >= 0.6 is 23.3 Å². The summed E-state index contributed by atoms with van der Waals surface area (Å²) in [7, 11) is 0. The summed E-state index contributed by atoms with van der Waals surface area (Å²) in [5, 5.41) is 3.51. The number of nitrogens with one attached hydrogen (secondary N) is 1. The molecule has 0 unspecified atom stereocenters. The Bertz CT molecular complexity index is 808. The third-order valence-corrected chi connectivity index (χ3v) is 4.62. The first-order valence-electron chi connectivity index (χ1n) is 6.79. The van der Waals surface area contributed by atoms with Crippen LogP contribution in [0.5, 0.6) is 0 Å². The van der Waals surface area contributed by atoms with E-state index >= 15 is 0 Å². The average Bonchev–Trinajstić information content (AvgIpc) is 3.02. The number of nitrogens with zero attached hydrogens (tertiary/aromatic N) is 2. The highest BCUT2D eigenvalue weighted by atomic mass is 32.2. The maximum Gasteiger partial charge on any atom is 0.260 e. The van der Waals surface area contributed by atoms with Crippen LogP contribution in [0, 0.1) is 5.82 Å². The molecule has 0 saturated heterocycles. The maximum absolute atomic E-state index is 13.6. The molecule has 0 spiro atoms. The van der Waals surface area contributed by atoms with E-state index in [1.165, 1.54) is 35.5 Å². The number of carbonyl (C=O) groups is 1. The van der Waals surface area contributed by atoms with Crippen molar-refractivity contribution in [3.8, 4) is 0 Å². The second kappa shape index (κ2) is 7.34. The molecule has 0 atom stereocenters. The SMILES string of the molecule is O=C(Nc1nc(SCc2ccccc2)ns1)c1ccccc1F. The third kappa shape index (κ3) is 4.14. The zero-order valence-electron chi connectivity index (χ0n) is 11.9. The topological polar surface area (TPSA) is 54.9 Å². The number of halogens is 1. The van der Waals surface area contributed by atoms with E-state index in [0.717, 1.165) is 17.3 Å². The van der Waals surface area contributed by atoms with E-state index in [9.17, 15) is 9.18 Å². The van der Waals surface area contributed by atoms with Crippen molar-refractivity contribution < 1.29 is 9.18 Å². The monoisotopic (exact) mass is 345 g/mol. The second-order valence-corrected chi connectivity index (χ2v) is 6.28. The fourth-order valence-corrected chi connectivity index (χ4v) is 3.35. The first-order chi connectivity index (χ1) is 11.2. The van der Waals surface area contributed by atoms with Gasteiger partial charge in [0.2, 0.25) is 10.3 Å². The van der Waals surface area contributed by atoms with Gasteiger partial charge < -0.3 is 0 Å². The molecule has 7 heteroatoms. The number of anilines is 1. The van der Waals surface area contributed by atoms with Crippen molar-refractivity contribution in [3.63, 3.8) is 0 Å². The fourth-order valence-electron chi connectivity index (χ4n) is 1.85. The van der Waals surface area contributed by atoms with E-state index in [0.29, 0.717) is 10.3 Å². The Kier molecular flexibility index (Phi) is 4.99. The van der Waals surface area contributed by atoms with Crippen LogP contribution < -0.4 is 5.32 Å². The predicted octanol–water partition coefficient (Wildman–Crippen LogP) is 4.22. The molecule has 1 heterocycles. The smallest absolute Gasteiger partial charge is 0.260 e. The first-order valence-corrected chi connectivity index (χ1v) is 8.54. The van der Waals surface area contributed by atoms with Gasteiger partial charge in [-0.25, -0.2) is 4.39 Å². The van der Waals surface area contributed by atoms with Crippen LogP contribution in [-0.2, 0) is 5.75 Å². The highest BCUT2D eigenvalue weighted by Crippen LogP contribution is 2.24. The summed E-state index contributed by atoms with van der Waals surface area (Å²) in [6.07, 6.45) is 0. The van der Waals surface area contributed by atoms with Gasteiger partial charge in [-0.05, 0) is 17.7 Å².